The van der Waals surface area contributed by atoms with Crippen LogP contribution in [0.1, 0.15) is 5.56 Å². The first-order valence-electron chi connectivity index (χ1n) is 4.82. The number of benzene rings is 1. The molecular weight excluding hydrogens is 228 g/mol. The van der Waals surface area contributed by atoms with Crippen molar-refractivity contribution in [3.05, 3.63) is 35.9 Å². The van der Waals surface area contributed by atoms with Gasteiger partial charge in [-0.15, -0.1) is 0 Å². The van der Waals surface area contributed by atoms with Gasteiger partial charge in [0.1, 0.15) is 6.61 Å². The minimum absolute atomic E-state index is 0.0942. The van der Waals surface area contributed by atoms with Crippen molar-refractivity contribution in [3.63, 3.8) is 0 Å². The van der Waals surface area contributed by atoms with Crippen molar-refractivity contribution in [1.82, 2.24) is 0 Å². The maximum atomic E-state index is 11.2. The minimum atomic E-state index is -2.18. The SMILES string of the molecule is O=C(O)C(O)C(O)C(=O)OCc1ccccc1. The third-order valence-electron chi connectivity index (χ3n) is 2.02. The fraction of sp³-hybridized carbons (Fsp3) is 0.273. The molecule has 6 heteroatoms. The second-order valence-electron chi connectivity index (χ2n) is 3.32. The van der Waals surface area contributed by atoms with Crippen LogP contribution in [0.15, 0.2) is 30.3 Å². The summed E-state index contributed by atoms with van der Waals surface area (Å²) in [5.41, 5.74) is 0.692. The molecule has 3 N–H and O–H groups in total. The molecule has 2 unspecified atom stereocenters. The molecule has 1 aromatic carbocycles. The van der Waals surface area contributed by atoms with Crippen LogP contribution in [0.4, 0.5) is 0 Å². The number of ether oxygens (including phenoxy) is 1. The lowest BCUT2D eigenvalue weighted by molar-refractivity contribution is -0.170. The Balaban J connectivity index is 2.47. The molecule has 92 valence electrons. The smallest absolute Gasteiger partial charge is 0.338 e. The molecule has 17 heavy (non-hydrogen) atoms. The quantitative estimate of drug-likeness (QED) is 0.601. The van der Waals surface area contributed by atoms with Crippen LogP contribution in [-0.2, 0) is 20.9 Å². The number of rotatable bonds is 5. The number of hydrogen-bond acceptors (Lipinski definition) is 5. The molecule has 0 fully saturated rings. The zero-order valence-corrected chi connectivity index (χ0v) is 8.81. The van der Waals surface area contributed by atoms with E-state index in [1.165, 1.54) is 0 Å². The third kappa shape index (κ3) is 3.86. The van der Waals surface area contributed by atoms with Gasteiger partial charge in [-0.05, 0) is 5.56 Å². The predicted octanol–water partition coefficient (Wildman–Crippen LogP) is -0.464. The van der Waals surface area contributed by atoms with E-state index in [9.17, 15) is 9.59 Å². The van der Waals surface area contributed by atoms with E-state index in [0.29, 0.717) is 5.56 Å². The Kier molecular flexibility index (Phi) is 4.62. The molecule has 1 rings (SSSR count). The summed E-state index contributed by atoms with van der Waals surface area (Å²) < 4.78 is 4.65. The molecule has 1 aromatic rings. The van der Waals surface area contributed by atoms with E-state index in [2.05, 4.69) is 4.74 Å². The maximum Gasteiger partial charge on any atom is 0.338 e. The Morgan fingerprint density at radius 3 is 2.24 bits per heavy atom. The normalized spacial score (nSPS) is 13.8. The number of aliphatic carboxylic acids is 1. The molecule has 0 bridgehead atoms. The standard InChI is InChI=1S/C11H12O6/c12-8(10(14)15)9(13)11(16)17-6-7-4-2-1-3-5-7/h1-5,8-9,12-13H,6H2,(H,14,15). The first-order chi connectivity index (χ1) is 8.02. The molecule has 0 aliphatic carbocycles. The van der Waals surface area contributed by atoms with Crippen molar-refractivity contribution >= 4 is 11.9 Å². The number of aliphatic hydroxyl groups excluding tert-OH is 2. The Bertz CT molecular complexity index is 388. The Labute approximate surface area is 97.1 Å². The summed E-state index contributed by atoms with van der Waals surface area (Å²) in [4.78, 5) is 21.5. The lowest BCUT2D eigenvalue weighted by Crippen LogP contribution is -2.40. The number of carboxylic acids is 1. The Morgan fingerprint density at radius 1 is 1.12 bits per heavy atom. The van der Waals surface area contributed by atoms with Crippen LogP contribution in [0.25, 0.3) is 0 Å². The number of hydrogen-bond donors (Lipinski definition) is 3. The number of carbonyl (C=O) groups excluding carboxylic acids is 1. The van der Waals surface area contributed by atoms with Gasteiger partial charge in [0.2, 0.25) is 0 Å². The van der Waals surface area contributed by atoms with Crippen molar-refractivity contribution < 1.29 is 29.6 Å². The Hall–Kier alpha value is -1.92. The molecule has 0 heterocycles. The first-order valence-corrected chi connectivity index (χ1v) is 4.82. The molecule has 0 radical (unpaired) electrons. The molecule has 0 aliphatic rings. The monoisotopic (exact) mass is 240 g/mol. The van der Waals surface area contributed by atoms with E-state index >= 15 is 0 Å². The maximum absolute atomic E-state index is 11.2. The molecular formula is C11H12O6. The van der Waals surface area contributed by atoms with Gasteiger partial charge >= 0.3 is 11.9 Å². The van der Waals surface area contributed by atoms with E-state index in [-0.39, 0.29) is 6.61 Å². The zero-order valence-electron chi connectivity index (χ0n) is 8.81. The van der Waals surface area contributed by atoms with Crippen LogP contribution >= 0.6 is 0 Å². The van der Waals surface area contributed by atoms with Crippen molar-refractivity contribution in [2.75, 3.05) is 0 Å². The molecule has 0 saturated heterocycles. The summed E-state index contributed by atoms with van der Waals surface area (Å²) in [7, 11) is 0. The summed E-state index contributed by atoms with van der Waals surface area (Å²) in [5.74, 6) is -2.86. The second kappa shape index (κ2) is 5.97. The van der Waals surface area contributed by atoms with Crippen molar-refractivity contribution in [2.24, 2.45) is 0 Å². The van der Waals surface area contributed by atoms with E-state index in [4.69, 9.17) is 15.3 Å². The number of aliphatic hydroxyl groups is 2. The lowest BCUT2D eigenvalue weighted by Gasteiger charge is -2.13. The minimum Gasteiger partial charge on any atom is -0.479 e. The average molecular weight is 240 g/mol. The van der Waals surface area contributed by atoms with Crippen molar-refractivity contribution in [1.29, 1.82) is 0 Å². The summed E-state index contributed by atoms with van der Waals surface area (Å²) in [6.07, 6.45) is -4.27. The van der Waals surface area contributed by atoms with Crippen LogP contribution < -0.4 is 0 Å². The Morgan fingerprint density at radius 2 is 1.71 bits per heavy atom. The molecule has 6 nitrogen and oxygen atoms in total. The van der Waals surface area contributed by atoms with Gasteiger partial charge in [0.25, 0.3) is 0 Å². The van der Waals surface area contributed by atoms with Crippen LogP contribution in [0.5, 0.6) is 0 Å². The lowest BCUT2D eigenvalue weighted by atomic mass is 10.2. The summed E-state index contributed by atoms with van der Waals surface area (Å²) in [6.45, 7) is -0.0942. The summed E-state index contributed by atoms with van der Waals surface area (Å²) >= 11 is 0. The van der Waals surface area contributed by atoms with E-state index < -0.39 is 24.1 Å². The van der Waals surface area contributed by atoms with Gasteiger partial charge in [0.15, 0.2) is 12.2 Å². The fourth-order valence-electron chi connectivity index (χ4n) is 1.08. The molecule has 0 aromatic heterocycles. The van der Waals surface area contributed by atoms with Crippen LogP contribution in [0.2, 0.25) is 0 Å². The fourth-order valence-corrected chi connectivity index (χ4v) is 1.08. The highest BCUT2D eigenvalue weighted by molar-refractivity contribution is 5.84. The van der Waals surface area contributed by atoms with Crippen molar-refractivity contribution in [3.8, 4) is 0 Å². The largest absolute Gasteiger partial charge is 0.479 e. The van der Waals surface area contributed by atoms with E-state index in [0.717, 1.165) is 0 Å². The molecule has 0 spiro atoms. The number of carbonyl (C=O) groups is 2. The predicted molar refractivity (Wildman–Crippen MR) is 55.9 cm³/mol. The molecule has 0 amide bonds. The van der Waals surface area contributed by atoms with E-state index in [1.807, 2.05) is 0 Å². The molecule has 0 saturated carbocycles. The number of esters is 1. The van der Waals surface area contributed by atoms with Gasteiger partial charge in [0.05, 0.1) is 0 Å². The highest BCUT2D eigenvalue weighted by Gasteiger charge is 2.31. The third-order valence-corrected chi connectivity index (χ3v) is 2.02. The average Bonchev–Trinajstić information content (AvgIpc) is 2.35. The van der Waals surface area contributed by atoms with Gasteiger partial charge in [0, 0.05) is 0 Å². The molecule has 2 atom stereocenters. The number of carboxylic acid groups (broad SMARTS) is 1. The topological polar surface area (TPSA) is 104 Å². The summed E-state index contributed by atoms with van der Waals surface area (Å²) in [5, 5.41) is 26.4. The van der Waals surface area contributed by atoms with Crippen molar-refractivity contribution in [2.45, 2.75) is 18.8 Å². The van der Waals surface area contributed by atoms with Crippen LogP contribution in [-0.4, -0.2) is 39.5 Å². The van der Waals surface area contributed by atoms with Gasteiger partial charge < -0.3 is 20.1 Å². The van der Waals surface area contributed by atoms with Gasteiger partial charge in [-0.2, -0.15) is 0 Å². The van der Waals surface area contributed by atoms with Gasteiger partial charge in [-0.25, -0.2) is 9.59 Å². The first kappa shape index (κ1) is 13.1. The zero-order chi connectivity index (χ0) is 12.8. The summed E-state index contributed by atoms with van der Waals surface area (Å²) in [6, 6.07) is 8.67. The molecule has 0 aliphatic heterocycles. The second-order valence-corrected chi connectivity index (χ2v) is 3.32. The highest BCUT2D eigenvalue weighted by Crippen LogP contribution is 2.03. The van der Waals surface area contributed by atoms with Gasteiger partial charge in [-0.1, -0.05) is 30.3 Å². The van der Waals surface area contributed by atoms with Crippen LogP contribution in [0, 0.1) is 0 Å². The van der Waals surface area contributed by atoms with Crippen LogP contribution in [0.3, 0.4) is 0 Å². The van der Waals surface area contributed by atoms with E-state index in [1.54, 1.807) is 30.3 Å². The van der Waals surface area contributed by atoms with Gasteiger partial charge in [-0.3, -0.25) is 0 Å². The highest BCUT2D eigenvalue weighted by atomic mass is 16.5.